The SMILES string of the molecule is CCOC(=O)C(F)(F)CC(C)(I)CC. The molecule has 0 heterocycles. The first kappa shape index (κ1) is 14.1. The molecule has 1 unspecified atom stereocenters. The van der Waals surface area contributed by atoms with E-state index in [1.165, 1.54) is 6.92 Å². The summed E-state index contributed by atoms with van der Waals surface area (Å²) in [5.41, 5.74) is 0. The van der Waals surface area contributed by atoms with Crippen LogP contribution in [-0.2, 0) is 9.53 Å². The predicted molar refractivity (Wildman–Crippen MR) is 58.9 cm³/mol. The molecule has 1 atom stereocenters. The van der Waals surface area contributed by atoms with Gasteiger partial charge in [-0.2, -0.15) is 8.78 Å². The Morgan fingerprint density at radius 2 is 1.93 bits per heavy atom. The molecule has 0 fully saturated rings. The van der Waals surface area contributed by atoms with Crippen LogP contribution in [0.1, 0.15) is 33.6 Å². The molecular weight excluding hydrogens is 305 g/mol. The zero-order chi connectivity index (χ0) is 11.4. The maximum Gasteiger partial charge on any atom is 0.377 e. The van der Waals surface area contributed by atoms with Crippen molar-refractivity contribution in [2.24, 2.45) is 0 Å². The second kappa shape index (κ2) is 5.23. The molecule has 14 heavy (non-hydrogen) atoms. The Bertz CT molecular complexity index is 205. The molecule has 0 bridgehead atoms. The molecule has 0 N–H and O–H groups in total. The van der Waals surface area contributed by atoms with Crippen LogP contribution in [-0.4, -0.2) is 21.9 Å². The Morgan fingerprint density at radius 3 is 2.29 bits per heavy atom. The van der Waals surface area contributed by atoms with Crippen molar-refractivity contribution in [1.29, 1.82) is 0 Å². The highest BCUT2D eigenvalue weighted by atomic mass is 127. The van der Waals surface area contributed by atoms with Crippen molar-refractivity contribution < 1.29 is 18.3 Å². The zero-order valence-corrected chi connectivity index (χ0v) is 10.7. The number of alkyl halides is 3. The number of carbonyl (C=O) groups excluding carboxylic acids is 1. The lowest BCUT2D eigenvalue weighted by molar-refractivity contribution is -0.173. The van der Waals surface area contributed by atoms with Crippen molar-refractivity contribution >= 4 is 28.6 Å². The number of carbonyl (C=O) groups is 1. The van der Waals surface area contributed by atoms with Crippen LogP contribution in [0.2, 0.25) is 0 Å². The van der Waals surface area contributed by atoms with E-state index in [0.29, 0.717) is 6.42 Å². The lowest BCUT2D eigenvalue weighted by Crippen LogP contribution is -2.37. The van der Waals surface area contributed by atoms with Gasteiger partial charge in [-0.1, -0.05) is 36.4 Å². The van der Waals surface area contributed by atoms with Gasteiger partial charge in [0.2, 0.25) is 0 Å². The summed E-state index contributed by atoms with van der Waals surface area (Å²) in [6.45, 7) is 5.00. The average molecular weight is 320 g/mol. The van der Waals surface area contributed by atoms with Crippen LogP contribution >= 0.6 is 22.6 Å². The quantitative estimate of drug-likeness (QED) is 0.442. The van der Waals surface area contributed by atoms with Crippen molar-refractivity contribution in [1.82, 2.24) is 0 Å². The fourth-order valence-electron chi connectivity index (χ4n) is 0.897. The second-order valence-corrected chi connectivity index (χ2v) is 5.97. The maximum absolute atomic E-state index is 13.2. The zero-order valence-electron chi connectivity index (χ0n) is 8.57. The first-order chi connectivity index (χ1) is 6.25. The van der Waals surface area contributed by atoms with Crippen LogP contribution in [0.4, 0.5) is 8.78 Å². The Kier molecular flexibility index (Phi) is 5.25. The summed E-state index contributed by atoms with van der Waals surface area (Å²) in [5, 5.41) is 0. The fraction of sp³-hybridized carbons (Fsp3) is 0.889. The molecule has 0 radical (unpaired) electrons. The maximum atomic E-state index is 13.2. The third-order valence-corrected chi connectivity index (χ3v) is 3.05. The van der Waals surface area contributed by atoms with Gasteiger partial charge in [0.05, 0.1) is 6.61 Å². The summed E-state index contributed by atoms with van der Waals surface area (Å²) in [7, 11) is 0. The van der Waals surface area contributed by atoms with Gasteiger partial charge in [0.1, 0.15) is 0 Å². The molecule has 0 aromatic rings. The van der Waals surface area contributed by atoms with Gasteiger partial charge in [0.15, 0.2) is 0 Å². The predicted octanol–water partition coefficient (Wildman–Crippen LogP) is 3.18. The van der Waals surface area contributed by atoms with Crippen molar-refractivity contribution in [3.05, 3.63) is 0 Å². The van der Waals surface area contributed by atoms with Crippen LogP contribution < -0.4 is 0 Å². The van der Waals surface area contributed by atoms with Gasteiger partial charge >= 0.3 is 11.9 Å². The van der Waals surface area contributed by atoms with Crippen molar-refractivity contribution in [3.63, 3.8) is 0 Å². The highest BCUT2D eigenvalue weighted by Crippen LogP contribution is 2.35. The standard InChI is InChI=1S/C9H15F2IO2/c1-4-8(3,12)6-9(10,11)7(13)14-5-2/h4-6H2,1-3H3. The van der Waals surface area contributed by atoms with Crippen LogP contribution in [0.5, 0.6) is 0 Å². The number of ether oxygens (including phenoxy) is 1. The molecule has 0 rings (SSSR count). The minimum absolute atomic E-state index is 0.0154. The van der Waals surface area contributed by atoms with Crippen molar-refractivity contribution in [2.45, 2.75) is 43.0 Å². The minimum atomic E-state index is -3.37. The van der Waals surface area contributed by atoms with E-state index in [-0.39, 0.29) is 6.61 Å². The molecule has 5 heteroatoms. The van der Waals surface area contributed by atoms with Gasteiger partial charge in [-0.15, -0.1) is 0 Å². The lowest BCUT2D eigenvalue weighted by atomic mass is 10.0. The van der Waals surface area contributed by atoms with E-state index >= 15 is 0 Å². The van der Waals surface area contributed by atoms with E-state index < -0.39 is 21.7 Å². The smallest absolute Gasteiger partial charge is 0.377 e. The molecule has 0 saturated carbocycles. The monoisotopic (exact) mass is 320 g/mol. The highest BCUT2D eigenvalue weighted by molar-refractivity contribution is 14.1. The molecular formula is C9H15F2IO2. The van der Waals surface area contributed by atoms with Gasteiger partial charge < -0.3 is 4.74 Å². The lowest BCUT2D eigenvalue weighted by Gasteiger charge is -2.25. The Balaban J connectivity index is 4.40. The molecule has 0 amide bonds. The van der Waals surface area contributed by atoms with E-state index in [4.69, 9.17) is 0 Å². The molecule has 0 aliphatic carbocycles. The van der Waals surface area contributed by atoms with E-state index in [9.17, 15) is 13.6 Å². The molecule has 0 spiro atoms. The highest BCUT2D eigenvalue weighted by Gasteiger charge is 2.45. The topological polar surface area (TPSA) is 26.3 Å². The second-order valence-electron chi connectivity index (χ2n) is 3.37. The van der Waals surface area contributed by atoms with Gasteiger partial charge in [-0.3, -0.25) is 0 Å². The average Bonchev–Trinajstić information content (AvgIpc) is 2.03. The van der Waals surface area contributed by atoms with Crippen molar-refractivity contribution in [3.8, 4) is 0 Å². The van der Waals surface area contributed by atoms with Crippen LogP contribution in [0.25, 0.3) is 0 Å². The van der Waals surface area contributed by atoms with Gasteiger partial charge in [-0.25, -0.2) is 4.79 Å². The van der Waals surface area contributed by atoms with E-state index in [0.717, 1.165) is 0 Å². The van der Waals surface area contributed by atoms with E-state index in [1.54, 1.807) is 6.92 Å². The first-order valence-electron chi connectivity index (χ1n) is 4.49. The summed E-state index contributed by atoms with van der Waals surface area (Å²) in [6, 6.07) is 0. The van der Waals surface area contributed by atoms with Gasteiger partial charge in [-0.05, 0) is 13.3 Å². The third kappa shape index (κ3) is 4.52. The molecule has 0 aliphatic heterocycles. The Morgan fingerprint density at radius 1 is 1.43 bits per heavy atom. The third-order valence-electron chi connectivity index (χ3n) is 1.90. The molecule has 0 aromatic heterocycles. The van der Waals surface area contributed by atoms with Crippen LogP contribution in [0.15, 0.2) is 0 Å². The number of hydrogen-bond donors (Lipinski definition) is 0. The first-order valence-corrected chi connectivity index (χ1v) is 5.57. The number of halogens is 3. The minimum Gasteiger partial charge on any atom is -0.462 e. The van der Waals surface area contributed by atoms with Crippen LogP contribution in [0, 0.1) is 0 Å². The largest absolute Gasteiger partial charge is 0.462 e. The van der Waals surface area contributed by atoms with Crippen LogP contribution in [0.3, 0.4) is 0 Å². The summed E-state index contributed by atoms with van der Waals surface area (Å²) >= 11 is 1.94. The normalized spacial score (nSPS) is 16.1. The molecule has 0 aliphatic rings. The summed E-state index contributed by atoms with van der Waals surface area (Å²) in [6.07, 6.45) is 0.110. The van der Waals surface area contributed by atoms with E-state index in [2.05, 4.69) is 4.74 Å². The number of esters is 1. The van der Waals surface area contributed by atoms with Gasteiger partial charge in [0, 0.05) is 9.84 Å². The molecule has 2 nitrogen and oxygen atoms in total. The summed E-state index contributed by atoms with van der Waals surface area (Å²) in [4.78, 5) is 10.9. The summed E-state index contributed by atoms with van der Waals surface area (Å²) in [5.74, 6) is -4.79. The Labute approximate surface area is 96.5 Å². The number of rotatable bonds is 5. The molecule has 0 aromatic carbocycles. The van der Waals surface area contributed by atoms with E-state index in [1.807, 2.05) is 29.5 Å². The molecule has 0 saturated heterocycles. The Hall–Kier alpha value is 0.0600. The fourth-order valence-corrected chi connectivity index (χ4v) is 1.38. The van der Waals surface area contributed by atoms with Gasteiger partial charge in [0.25, 0.3) is 0 Å². The number of hydrogen-bond acceptors (Lipinski definition) is 2. The summed E-state index contributed by atoms with van der Waals surface area (Å²) < 4.78 is 30.1. The molecule has 84 valence electrons. The van der Waals surface area contributed by atoms with Crippen molar-refractivity contribution in [2.75, 3.05) is 6.61 Å².